The predicted molar refractivity (Wildman–Crippen MR) is 104 cm³/mol. The number of aromatic amines is 1. The van der Waals surface area contributed by atoms with E-state index in [-0.39, 0.29) is 34.9 Å². The number of aromatic nitrogens is 1. The largest absolute Gasteiger partial charge is 0.465 e. The van der Waals surface area contributed by atoms with Crippen LogP contribution in [0.15, 0.2) is 0 Å². The zero-order valence-corrected chi connectivity index (χ0v) is 17.6. The van der Waals surface area contributed by atoms with Crippen molar-refractivity contribution in [1.82, 2.24) is 9.88 Å². The van der Waals surface area contributed by atoms with Gasteiger partial charge in [0, 0.05) is 5.69 Å². The number of carbonyl (C=O) groups is 5. The lowest BCUT2D eigenvalue weighted by Crippen LogP contribution is -2.38. The highest BCUT2D eigenvalue weighted by Crippen LogP contribution is 2.37. The molecule has 1 N–H and O–H groups in total. The summed E-state index contributed by atoms with van der Waals surface area (Å²) in [4.78, 5) is 65.8. The monoisotopic (exact) mass is 418 g/mol. The topological polar surface area (TPSA) is 123 Å². The Kier molecular flexibility index (Phi) is 6.09. The van der Waals surface area contributed by atoms with Crippen LogP contribution in [-0.2, 0) is 23.9 Å². The van der Waals surface area contributed by atoms with E-state index in [4.69, 9.17) is 9.47 Å². The highest BCUT2D eigenvalue weighted by atomic mass is 16.5. The number of hydrogen-bond acceptors (Lipinski definition) is 7. The Balaban J connectivity index is 1.66. The van der Waals surface area contributed by atoms with Gasteiger partial charge in [-0.25, -0.2) is 4.79 Å². The third-order valence-electron chi connectivity index (χ3n) is 5.97. The molecule has 3 unspecified atom stereocenters. The highest BCUT2D eigenvalue weighted by molar-refractivity contribution is 6.07. The minimum atomic E-state index is -1.16. The van der Waals surface area contributed by atoms with Crippen molar-refractivity contribution in [3.05, 3.63) is 22.5 Å². The van der Waals surface area contributed by atoms with Crippen molar-refractivity contribution >= 4 is 29.5 Å². The summed E-state index contributed by atoms with van der Waals surface area (Å²) >= 11 is 0. The normalized spacial score (nSPS) is 21.9. The van der Waals surface area contributed by atoms with Gasteiger partial charge in [0.15, 0.2) is 6.10 Å². The lowest BCUT2D eigenvalue weighted by molar-refractivity contribution is -0.154. The molecule has 2 heterocycles. The number of aryl methyl sites for hydroxylation is 1. The van der Waals surface area contributed by atoms with Crippen molar-refractivity contribution in [3.63, 3.8) is 0 Å². The van der Waals surface area contributed by atoms with Gasteiger partial charge in [0.2, 0.25) is 17.6 Å². The molecule has 2 amide bonds. The summed E-state index contributed by atoms with van der Waals surface area (Å²) in [5.74, 6) is -3.29. The Bertz CT molecular complexity index is 893. The summed E-state index contributed by atoms with van der Waals surface area (Å²) in [5.41, 5.74) is 1.28. The SMILES string of the molecule is COC(=O)c1c(C)[nH]c(C(=O)C(C)OC(=O)CN2C(=O)C3CCCCC3C2=O)c1C. The molecule has 1 saturated carbocycles. The van der Waals surface area contributed by atoms with Crippen LogP contribution in [0.2, 0.25) is 0 Å². The first kappa shape index (κ1) is 21.7. The third kappa shape index (κ3) is 3.76. The molecule has 1 saturated heterocycles. The Hall–Kier alpha value is -2.97. The van der Waals surface area contributed by atoms with Gasteiger partial charge >= 0.3 is 11.9 Å². The van der Waals surface area contributed by atoms with Crippen molar-refractivity contribution in [3.8, 4) is 0 Å². The number of nitrogens with one attached hydrogen (secondary N) is 1. The van der Waals surface area contributed by atoms with Crippen LogP contribution < -0.4 is 0 Å². The number of methoxy groups -OCH3 is 1. The smallest absolute Gasteiger partial charge is 0.339 e. The van der Waals surface area contributed by atoms with Gasteiger partial charge in [-0.2, -0.15) is 0 Å². The summed E-state index contributed by atoms with van der Waals surface area (Å²) in [6.07, 6.45) is 1.95. The number of carbonyl (C=O) groups excluding carboxylic acids is 5. The molecule has 162 valence electrons. The van der Waals surface area contributed by atoms with E-state index in [1.165, 1.54) is 14.0 Å². The first-order valence-electron chi connectivity index (χ1n) is 10.0. The van der Waals surface area contributed by atoms with Crippen LogP contribution in [0.25, 0.3) is 0 Å². The molecule has 9 heteroatoms. The second kappa shape index (κ2) is 8.41. The van der Waals surface area contributed by atoms with E-state index in [2.05, 4.69) is 4.98 Å². The summed E-state index contributed by atoms with van der Waals surface area (Å²) in [6.45, 7) is 4.14. The van der Waals surface area contributed by atoms with Crippen LogP contribution in [0.4, 0.5) is 0 Å². The highest BCUT2D eigenvalue weighted by Gasteiger charge is 2.48. The maximum absolute atomic E-state index is 12.7. The Morgan fingerprint density at radius 1 is 1.10 bits per heavy atom. The number of ketones is 1. The number of imide groups is 1. The van der Waals surface area contributed by atoms with Crippen LogP contribution in [0.5, 0.6) is 0 Å². The van der Waals surface area contributed by atoms with Gasteiger partial charge < -0.3 is 14.5 Å². The molecule has 0 bridgehead atoms. The van der Waals surface area contributed by atoms with E-state index >= 15 is 0 Å². The number of rotatable bonds is 6. The summed E-state index contributed by atoms with van der Waals surface area (Å²) in [6, 6.07) is 0. The zero-order chi connectivity index (χ0) is 22.2. The molecular weight excluding hydrogens is 392 g/mol. The van der Waals surface area contributed by atoms with Crippen LogP contribution in [0.1, 0.15) is 64.7 Å². The van der Waals surface area contributed by atoms with Crippen molar-refractivity contribution in [2.24, 2.45) is 11.8 Å². The Morgan fingerprint density at radius 2 is 1.67 bits per heavy atom. The maximum Gasteiger partial charge on any atom is 0.339 e. The molecule has 9 nitrogen and oxygen atoms in total. The quantitative estimate of drug-likeness (QED) is 0.424. The molecule has 0 radical (unpaired) electrons. The second-order valence-electron chi connectivity index (χ2n) is 7.87. The van der Waals surface area contributed by atoms with Crippen LogP contribution in [-0.4, -0.2) is 59.2 Å². The lowest BCUT2D eigenvalue weighted by atomic mass is 9.81. The molecule has 1 aliphatic heterocycles. The van der Waals surface area contributed by atoms with Crippen LogP contribution in [0.3, 0.4) is 0 Å². The first-order chi connectivity index (χ1) is 14.2. The van der Waals surface area contributed by atoms with Crippen molar-refractivity contribution < 1.29 is 33.4 Å². The third-order valence-corrected chi connectivity index (χ3v) is 5.97. The fourth-order valence-electron chi connectivity index (χ4n) is 4.41. The van der Waals surface area contributed by atoms with E-state index in [1.807, 2.05) is 0 Å². The first-order valence-corrected chi connectivity index (χ1v) is 10.0. The van der Waals surface area contributed by atoms with Gasteiger partial charge in [-0.1, -0.05) is 12.8 Å². The number of likely N-dealkylation sites (tertiary alicyclic amines) is 1. The molecule has 0 aromatic carbocycles. The standard InChI is InChI=1S/C21H26N2O7/c1-10-16(21(28)29-4)11(2)22-17(10)18(25)12(3)30-15(24)9-23-19(26)13-7-5-6-8-14(13)20(23)27/h12-14,22H,5-9H2,1-4H3. The number of hydrogen-bond donors (Lipinski definition) is 1. The van der Waals surface area contributed by atoms with Gasteiger partial charge in [0.1, 0.15) is 6.54 Å². The fraction of sp³-hybridized carbons (Fsp3) is 0.571. The number of Topliss-reactive ketones (excluding diaryl/α,β-unsaturated/α-hetero) is 1. The van der Waals surface area contributed by atoms with E-state index in [1.54, 1.807) is 13.8 Å². The van der Waals surface area contributed by atoms with E-state index < -0.39 is 30.4 Å². The van der Waals surface area contributed by atoms with Crippen molar-refractivity contribution in [2.45, 2.75) is 52.6 Å². The number of amides is 2. The Labute approximate surface area is 174 Å². The molecule has 2 fully saturated rings. The Morgan fingerprint density at radius 3 is 2.20 bits per heavy atom. The minimum absolute atomic E-state index is 0.146. The number of esters is 2. The molecule has 2 aliphatic rings. The number of fused-ring (bicyclic) bond motifs is 1. The van der Waals surface area contributed by atoms with Gasteiger partial charge in [0.25, 0.3) is 0 Å². The van der Waals surface area contributed by atoms with Crippen LogP contribution >= 0.6 is 0 Å². The number of H-pyrrole nitrogens is 1. The average molecular weight is 418 g/mol. The van der Waals surface area contributed by atoms with E-state index in [0.717, 1.165) is 17.7 Å². The van der Waals surface area contributed by atoms with Gasteiger partial charge in [-0.3, -0.25) is 24.1 Å². The molecule has 1 aromatic heterocycles. The van der Waals surface area contributed by atoms with Gasteiger partial charge in [0.05, 0.1) is 30.2 Å². The molecule has 30 heavy (non-hydrogen) atoms. The van der Waals surface area contributed by atoms with Crippen molar-refractivity contribution in [2.75, 3.05) is 13.7 Å². The van der Waals surface area contributed by atoms with Crippen LogP contribution in [0, 0.1) is 25.7 Å². The second-order valence-corrected chi connectivity index (χ2v) is 7.87. The van der Waals surface area contributed by atoms with Gasteiger partial charge in [-0.15, -0.1) is 0 Å². The fourth-order valence-corrected chi connectivity index (χ4v) is 4.41. The number of nitrogens with zero attached hydrogens (tertiary/aromatic N) is 1. The summed E-state index contributed by atoms with van der Waals surface area (Å²) in [5, 5.41) is 0. The van der Waals surface area contributed by atoms with Crippen molar-refractivity contribution in [1.29, 1.82) is 0 Å². The number of ether oxygens (including phenoxy) is 2. The summed E-state index contributed by atoms with van der Waals surface area (Å²) < 4.78 is 9.92. The molecule has 1 aromatic rings. The predicted octanol–water partition coefficient (Wildman–Crippen LogP) is 1.71. The minimum Gasteiger partial charge on any atom is -0.465 e. The van der Waals surface area contributed by atoms with Gasteiger partial charge in [-0.05, 0) is 39.2 Å². The molecule has 1 aliphatic carbocycles. The zero-order valence-electron chi connectivity index (χ0n) is 17.6. The lowest BCUT2D eigenvalue weighted by Gasteiger charge is -2.19. The molecule has 0 spiro atoms. The van der Waals surface area contributed by atoms with E-state index in [0.29, 0.717) is 24.1 Å². The molecule has 3 atom stereocenters. The average Bonchev–Trinajstić information content (AvgIpc) is 3.15. The molecule has 3 rings (SSSR count). The molecular formula is C21H26N2O7. The van der Waals surface area contributed by atoms with E-state index in [9.17, 15) is 24.0 Å². The maximum atomic E-state index is 12.7. The summed E-state index contributed by atoms with van der Waals surface area (Å²) in [7, 11) is 1.25.